The number of esters is 1. The molecule has 146 valence electrons. The Labute approximate surface area is 164 Å². The van der Waals surface area contributed by atoms with E-state index in [0.29, 0.717) is 37.8 Å². The zero-order valence-electron chi connectivity index (χ0n) is 15.9. The van der Waals surface area contributed by atoms with Gasteiger partial charge in [-0.1, -0.05) is 60.3 Å². The van der Waals surface area contributed by atoms with Crippen molar-refractivity contribution >= 4 is 11.7 Å². The fourth-order valence-electron chi connectivity index (χ4n) is 3.04. The molecule has 3 rings (SSSR count). The van der Waals surface area contributed by atoms with E-state index in [1.54, 1.807) is 13.0 Å². The first kappa shape index (κ1) is 19.6. The lowest BCUT2D eigenvalue weighted by atomic mass is 9.92. The molecule has 6 nitrogen and oxygen atoms in total. The number of oxime groups is 1. The Morgan fingerprint density at radius 2 is 2.07 bits per heavy atom. The Morgan fingerprint density at radius 1 is 1.25 bits per heavy atom. The van der Waals surface area contributed by atoms with Crippen LogP contribution in [-0.2, 0) is 21.0 Å². The molecular weight excluding hydrogens is 356 g/mol. The van der Waals surface area contributed by atoms with Crippen molar-refractivity contribution in [3.8, 4) is 5.75 Å². The van der Waals surface area contributed by atoms with Gasteiger partial charge in [0.1, 0.15) is 30.7 Å². The summed E-state index contributed by atoms with van der Waals surface area (Å²) >= 11 is 0. The number of hydrogen-bond donors (Lipinski definition) is 1. The number of carbonyl (C=O) groups excluding carboxylic acids is 1. The highest BCUT2D eigenvalue weighted by Gasteiger charge is 2.32. The second-order valence-electron chi connectivity index (χ2n) is 6.18. The molecule has 1 aliphatic rings. The highest BCUT2D eigenvalue weighted by Crippen LogP contribution is 2.32. The van der Waals surface area contributed by atoms with Gasteiger partial charge in [-0.3, -0.25) is 5.32 Å². The molecule has 1 atom stereocenters. The van der Waals surface area contributed by atoms with E-state index in [1.165, 1.54) is 0 Å². The van der Waals surface area contributed by atoms with Gasteiger partial charge in [-0.15, -0.1) is 0 Å². The van der Waals surface area contributed by atoms with Gasteiger partial charge in [0.05, 0.1) is 6.61 Å². The number of benzene rings is 2. The number of hydrogen-bond acceptors (Lipinski definition) is 6. The molecule has 1 N–H and O–H groups in total. The Morgan fingerprint density at radius 3 is 2.82 bits per heavy atom. The van der Waals surface area contributed by atoms with Gasteiger partial charge >= 0.3 is 5.97 Å². The molecule has 0 saturated carbocycles. The van der Waals surface area contributed by atoms with Crippen molar-refractivity contribution in [1.29, 1.82) is 0 Å². The normalized spacial score (nSPS) is 16.9. The highest BCUT2D eigenvalue weighted by atomic mass is 16.6. The van der Waals surface area contributed by atoms with Crippen LogP contribution >= 0.6 is 0 Å². The zero-order chi connectivity index (χ0) is 19.8. The van der Waals surface area contributed by atoms with Gasteiger partial charge in [0.2, 0.25) is 0 Å². The van der Waals surface area contributed by atoms with Crippen LogP contribution in [0.4, 0.5) is 0 Å². The van der Waals surface area contributed by atoms with Crippen LogP contribution in [0.15, 0.2) is 66.3 Å². The Kier molecular flexibility index (Phi) is 6.81. The molecule has 0 bridgehead atoms. The van der Waals surface area contributed by atoms with Crippen LogP contribution < -0.4 is 10.1 Å². The van der Waals surface area contributed by atoms with Crippen LogP contribution in [0.2, 0.25) is 0 Å². The molecule has 2 aromatic rings. The van der Waals surface area contributed by atoms with Gasteiger partial charge < -0.3 is 14.3 Å². The fraction of sp³-hybridized carbons (Fsp3) is 0.273. The van der Waals surface area contributed by atoms with Crippen molar-refractivity contribution in [2.45, 2.75) is 19.6 Å². The molecule has 1 heterocycles. The first-order chi connectivity index (χ1) is 13.7. The Hall–Kier alpha value is -3.12. The van der Waals surface area contributed by atoms with Gasteiger partial charge in [-0.25, -0.2) is 4.79 Å². The minimum Gasteiger partial charge on any atom is -0.489 e. The molecule has 0 saturated heterocycles. The van der Waals surface area contributed by atoms with Crippen LogP contribution in [0.3, 0.4) is 0 Å². The molecule has 0 spiro atoms. The molecule has 0 fully saturated rings. The molecule has 0 aliphatic carbocycles. The van der Waals surface area contributed by atoms with E-state index in [-0.39, 0.29) is 5.97 Å². The average molecular weight is 380 g/mol. The average Bonchev–Trinajstić information content (AvgIpc) is 2.73. The third-order valence-electron chi connectivity index (χ3n) is 4.26. The molecule has 1 unspecified atom stereocenters. The van der Waals surface area contributed by atoms with E-state index in [9.17, 15) is 4.79 Å². The second kappa shape index (κ2) is 9.71. The monoisotopic (exact) mass is 380 g/mol. The number of nitrogens with zero attached hydrogens (tertiary/aromatic N) is 1. The summed E-state index contributed by atoms with van der Waals surface area (Å²) in [5.41, 5.74) is 3.21. The number of carbonyl (C=O) groups is 1. The van der Waals surface area contributed by atoms with Gasteiger partial charge in [-0.05, 0) is 24.1 Å². The van der Waals surface area contributed by atoms with E-state index < -0.39 is 6.04 Å². The molecule has 6 heteroatoms. The van der Waals surface area contributed by atoms with Crippen LogP contribution in [0, 0.1) is 0 Å². The molecule has 2 aromatic carbocycles. The van der Waals surface area contributed by atoms with E-state index in [4.69, 9.17) is 14.3 Å². The summed E-state index contributed by atoms with van der Waals surface area (Å²) in [6, 6.07) is 14.8. The predicted molar refractivity (Wildman–Crippen MR) is 107 cm³/mol. The first-order valence-electron chi connectivity index (χ1n) is 9.24. The van der Waals surface area contributed by atoms with Crippen LogP contribution in [-0.4, -0.2) is 31.4 Å². The van der Waals surface area contributed by atoms with Crippen molar-refractivity contribution in [3.05, 3.63) is 77.9 Å². The van der Waals surface area contributed by atoms with Gasteiger partial charge in [0, 0.05) is 12.1 Å². The van der Waals surface area contributed by atoms with Gasteiger partial charge in [0.15, 0.2) is 0 Å². The first-order valence-corrected chi connectivity index (χ1v) is 9.24. The Bertz CT molecular complexity index is 849. The summed E-state index contributed by atoms with van der Waals surface area (Å²) in [7, 11) is 0. The molecule has 0 radical (unpaired) electrons. The molecule has 0 amide bonds. The van der Waals surface area contributed by atoms with Gasteiger partial charge in [-0.2, -0.15) is 0 Å². The lowest BCUT2D eigenvalue weighted by Gasteiger charge is -2.27. The minimum atomic E-state index is -0.574. The van der Waals surface area contributed by atoms with E-state index in [2.05, 4.69) is 17.1 Å². The van der Waals surface area contributed by atoms with Crippen molar-refractivity contribution in [2.24, 2.45) is 5.16 Å². The van der Waals surface area contributed by atoms with Crippen LogP contribution in [0.5, 0.6) is 5.75 Å². The third-order valence-corrected chi connectivity index (χ3v) is 4.26. The molecular formula is C22H24N2O4. The summed E-state index contributed by atoms with van der Waals surface area (Å²) in [6.07, 6.45) is 1.67. The summed E-state index contributed by atoms with van der Waals surface area (Å²) < 4.78 is 11.0. The predicted octanol–water partition coefficient (Wildman–Crippen LogP) is 3.38. The highest BCUT2D eigenvalue weighted by molar-refractivity contribution is 6.07. The van der Waals surface area contributed by atoms with Gasteiger partial charge in [0.25, 0.3) is 0 Å². The van der Waals surface area contributed by atoms with Crippen molar-refractivity contribution < 1.29 is 19.1 Å². The SMILES string of the molecule is C=CCOc1cccc2c1/C(=N/OCc1ccccc1)CNC2C(=O)OCC. The molecule has 28 heavy (non-hydrogen) atoms. The van der Waals surface area contributed by atoms with E-state index in [1.807, 2.05) is 48.5 Å². The maximum absolute atomic E-state index is 12.4. The number of ether oxygens (including phenoxy) is 2. The number of fused-ring (bicyclic) bond motifs is 1. The minimum absolute atomic E-state index is 0.320. The standard InChI is InChI=1S/C22H24N2O4/c1-3-13-27-19-12-8-11-17-20(19)18(14-23-21(17)22(25)26-4-2)24-28-15-16-9-6-5-7-10-16/h3,5-12,21,23H,1,4,13-15H2,2H3/b24-18+. The van der Waals surface area contributed by atoms with E-state index >= 15 is 0 Å². The zero-order valence-corrected chi connectivity index (χ0v) is 15.9. The number of rotatable bonds is 8. The molecule has 0 aromatic heterocycles. The van der Waals surface area contributed by atoms with Crippen molar-refractivity contribution in [1.82, 2.24) is 5.32 Å². The quantitative estimate of drug-likeness (QED) is 0.432. The lowest BCUT2D eigenvalue weighted by molar-refractivity contribution is -0.145. The largest absolute Gasteiger partial charge is 0.489 e. The summed E-state index contributed by atoms with van der Waals surface area (Å²) in [4.78, 5) is 18.0. The maximum Gasteiger partial charge on any atom is 0.327 e. The third kappa shape index (κ3) is 4.58. The topological polar surface area (TPSA) is 69.2 Å². The second-order valence-corrected chi connectivity index (χ2v) is 6.18. The lowest BCUT2D eigenvalue weighted by Crippen LogP contribution is -2.40. The summed E-state index contributed by atoms with van der Waals surface area (Å²) in [6.45, 7) is 6.87. The smallest absolute Gasteiger partial charge is 0.327 e. The van der Waals surface area contributed by atoms with E-state index in [0.717, 1.165) is 16.7 Å². The summed E-state index contributed by atoms with van der Waals surface area (Å²) in [5.74, 6) is 0.309. The maximum atomic E-state index is 12.4. The number of nitrogens with one attached hydrogen (secondary N) is 1. The fourth-order valence-corrected chi connectivity index (χ4v) is 3.04. The summed E-state index contributed by atoms with van der Waals surface area (Å²) in [5, 5.41) is 7.51. The van der Waals surface area contributed by atoms with Crippen molar-refractivity contribution in [2.75, 3.05) is 19.8 Å². The Balaban J connectivity index is 1.89. The van der Waals surface area contributed by atoms with Crippen LogP contribution in [0.1, 0.15) is 29.7 Å². The van der Waals surface area contributed by atoms with Crippen molar-refractivity contribution in [3.63, 3.8) is 0 Å². The van der Waals surface area contributed by atoms with Crippen LogP contribution in [0.25, 0.3) is 0 Å². The molecule has 1 aliphatic heterocycles.